The summed E-state index contributed by atoms with van der Waals surface area (Å²) in [5, 5.41) is 3.42. The smallest absolute Gasteiger partial charge is 0.307 e. The number of nitrogens with one attached hydrogen (secondary N) is 1. The van der Waals surface area contributed by atoms with Crippen molar-refractivity contribution in [3.05, 3.63) is 77.1 Å². The van der Waals surface area contributed by atoms with E-state index in [-0.39, 0.29) is 18.7 Å². The number of hydrogen-bond donors (Lipinski definition) is 1. The number of halogens is 1. The highest BCUT2D eigenvalue weighted by atomic mass is 35.5. The van der Waals surface area contributed by atoms with Gasteiger partial charge >= 0.3 is 5.97 Å². The Balaban J connectivity index is 1.69. The fraction of sp³-hybridized carbons (Fsp3) is 0.190. The van der Waals surface area contributed by atoms with Crippen LogP contribution in [-0.4, -0.2) is 24.0 Å². The van der Waals surface area contributed by atoms with Crippen molar-refractivity contribution in [1.29, 1.82) is 0 Å². The Bertz CT molecular complexity index is 939. The fourth-order valence-electron chi connectivity index (χ4n) is 2.71. The first-order valence-corrected chi connectivity index (χ1v) is 9.04. The van der Waals surface area contributed by atoms with Crippen LogP contribution in [-0.2, 0) is 20.7 Å². The Morgan fingerprint density at radius 2 is 1.86 bits per heavy atom. The lowest BCUT2D eigenvalue weighted by atomic mass is 10.0. The first-order chi connectivity index (χ1) is 13.5. The van der Waals surface area contributed by atoms with Gasteiger partial charge in [-0.15, -0.1) is 0 Å². The Morgan fingerprint density at radius 1 is 1.14 bits per heavy atom. The SMILES string of the molecule is COC(=O)CC(NC(=O)Cc1coc(-c2ccccc2)n1)c1ccc(Cl)cc1. The molecule has 28 heavy (non-hydrogen) atoms. The molecule has 1 amide bonds. The number of rotatable bonds is 7. The van der Waals surface area contributed by atoms with E-state index in [4.69, 9.17) is 20.8 Å². The lowest BCUT2D eigenvalue weighted by molar-refractivity contribution is -0.141. The second-order valence-electron chi connectivity index (χ2n) is 6.14. The molecule has 0 bridgehead atoms. The predicted molar refractivity (Wildman–Crippen MR) is 105 cm³/mol. The molecular formula is C21H19ClN2O4. The molecule has 2 aromatic carbocycles. The third-order valence-electron chi connectivity index (χ3n) is 4.12. The molecule has 1 N–H and O–H groups in total. The summed E-state index contributed by atoms with van der Waals surface area (Å²) in [5.41, 5.74) is 2.09. The molecule has 7 heteroatoms. The molecule has 0 aliphatic heterocycles. The average Bonchev–Trinajstić information content (AvgIpc) is 3.17. The molecule has 0 radical (unpaired) electrons. The third kappa shape index (κ3) is 5.20. The first-order valence-electron chi connectivity index (χ1n) is 8.66. The van der Waals surface area contributed by atoms with Crippen LogP contribution in [0.3, 0.4) is 0 Å². The second kappa shape index (κ2) is 9.19. The number of carbonyl (C=O) groups is 2. The highest BCUT2D eigenvalue weighted by Crippen LogP contribution is 2.21. The molecule has 1 unspecified atom stereocenters. The molecule has 6 nitrogen and oxygen atoms in total. The van der Waals surface area contributed by atoms with Crippen LogP contribution < -0.4 is 5.32 Å². The molecule has 0 aliphatic carbocycles. The molecule has 0 saturated heterocycles. The maximum Gasteiger partial charge on any atom is 0.307 e. The summed E-state index contributed by atoms with van der Waals surface area (Å²) in [5.74, 6) is -0.253. The van der Waals surface area contributed by atoms with Crippen molar-refractivity contribution in [3.8, 4) is 11.5 Å². The number of carbonyl (C=O) groups excluding carboxylic acids is 2. The molecule has 3 aromatic rings. The molecule has 0 saturated carbocycles. The predicted octanol–water partition coefficient (Wildman–Crippen LogP) is 3.96. The highest BCUT2D eigenvalue weighted by Gasteiger charge is 2.20. The standard InChI is InChI=1S/C21H19ClN2O4/c1-27-20(26)12-18(14-7-9-16(22)10-8-14)24-19(25)11-17-13-28-21(23-17)15-5-3-2-4-6-15/h2-10,13,18H,11-12H2,1H3,(H,24,25). The van der Waals surface area contributed by atoms with Gasteiger partial charge in [0.05, 0.1) is 31.7 Å². The van der Waals surface area contributed by atoms with E-state index < -0.39 is 12.0 Å². The average molecular weight is 399 g/mol. The van der Waals surface area contributed by atoms with E-state index in [1.54, 1.807) is 24.3 Å². The van der Waals surface area contributed by atoms with Crippen LogP contribution in [0.2, 0.25) is 5.02 Å². The van der Waals surface area contributed by atoms with Crippen LogP contribution in [0.15, 0.2) is 65.3 Å². The highest BCUT2D eigenvalue weighted by molar-refractivity contribution is 6.30. The molecular weight excluding hydrogens is 380 g/mol. The van der Waals surface area contributed by atoms with Crippen molar-refractivity contribution in [1.82, 2.24) is 10.3 Å². The summed E-state index contributed by atoms with van der Waals surface area (Å²) in [6, 6.07) is 15.8. The second-order valence-corrected chi connectivity index (χ2v) is 6.58. The maximum absolute atomic E-state index is 12.5. The van der Waals surface area contributed by atoms with Gasteiger partial charge < -0.3 is 14.5 Å². The maximum atomic E-state index is 12.5. The number of ether oxygens (including phenoxy) is 1. The zero-order valence-electron chi connectivity index (χ0n) is 15.2. The zero-order valence-corrected chi connectivity index (χ0v) is 16.0. The molecule has 144 valence electrons. The quantitative estimate of drug-likeness (QED) is 0.609. The van der Waals surface area contributed by atoms with E-state index >= 15 is 0 Å². The zero-order chi connectivity index (χ0) is 19.9. The number of amides is 1. The monoisotopic (exact) mass is 398 g/mol. The van der Waals surface area contributed by atoms with E-state index in [1.807, 2.05) is 30.3 Å². The van der Waals surface area contributed by atoms with Crippen molar-refractivity contribution < 1.29 is 18.7 Å². The van der Waals surface area contributed by atoms with Crippen LogP contribution >= 0.6 is 11.6 Å². The van der Waals surface area contributed by atoms with Gasteiger partial charge in [0.2, 0.25) is 11.8 Å². The van der Waals surface area contributed by atoms with Gasteiger partial charge in [-0.3, -0.25) is 9.59 Å². The van der Waals surface area contributed by atoms with E-state index in [0.29, 0.717) is 16.6 Å². The number of esters is 1. The van der Waals surface area contributed by atoms with Gasteiger partial charge in [-0.2, -0.15) is 0 Å². The summed E-state index contributed by atoms with van der Waals surface area (Å²) >= 11 is 5.92. The number of aromatic nitrogens is 1. The van der Waals surface area contributed by atoms with Gasteiger partial charge in [0.15, 0.2) is 0 Å². The minimum atomic E-state index is -0.530. The van der Waals surface area contributed by atoms with Crippen LogP contribution in [0.5, 0.6) is 0 Å². The topological polar surface area (TPSA) is 81.4 Å². The summed E-state index contributed by atoms with van der Waals surface area (Å²) < 4.78 is 10.2. The van der Waals surface area contributed by atoms with Gasteiger partial charge in [-0.1, -0.05) is 41.9 Å². The van der Waals surface area contributed by atoms with Crippen LogP contribution in [0.4, 0.5) is 0 Å². The Morgan fingerprint density at radius 3 is 2.54 bits per heavy atom. The molecule has 0 spiro atoms. The lowest BCUT2D eigenvalue weighted by Crippen LogP contribution is -2.31. The van der Waals surface area contributed by atoms with Crippen molar-refractivity contribution in [2.24, 2.45) is 0 Å². The van der Waals surface area contributed by atoms with Crippen LogP contribution in [0.25, 0.3) is 11.5 Å². The summed E-state index contributed by atoms with van der Waals surface area (Å²) in [4.78, 5) is 28.6. The van der Waals surface area contributed by atoms with Crippen molar-refractivity contribution >= 4 is 23.5 Å². The van der Waals surface area contributed by atoms with Gasteiger partial charge in [-0.05, 0) is 29.8 Å². The van der Waals surface area contributed by atoms with Gasteiger partial charge in [0.25, 0.3) is 0 Å². The van der Waals surface area contributed by atoms with E-state index in [1.165, 1.54) is 13.4 Å². The summed E-state index contributed by atoms with van der Waals surface area (Å²) in [7, 11) is 1.31. The minimum absolute atomic E-state index is 0.0119. The Labute approximate surface area is 167 Å². The van der Waals surface area contributed by atoms with Crippen molar-refractivity contribution in [3.63, 3.8) is 0 Å². The van der Waals surface area contributed by atoms with E-state index in [2.05, 4.69) is 10.3 Å². The minimum Gasteiger partial charge on any atom is -0.469 e. The van der Waals surface area contributed by atoms with Crippen molar-refractivity contribution in [2.75, 3.05) is 7.11 Å². The van der Waals surface area contributed by atoms with Crippen LogP contribution in [0.1, 0.15) is 23.7 Å². The molecule has 0 aliphatic rings. The lowest BCUT2D eigenvalue weighted by Gasteiger charge is -2.18. The van der Waals surface area contributed by atoms with Gasteiger partial charge in [0.1, 0.15) is 6.26 Å². The number of methoxy groups -OCH3 is 1. The molecule has 1 heterocycles. The molecule has 0 fully saturated rings. The molecule has 1 atom stereocenters. The largest absolute Gasteiger partial charge is 0.469 e. The first kappa shape index (κ1) is 19.6. The number of oxazole rings is 1. The van der Waals surface area contributed by atoms with E-state index in [9.17, 15) is 9.59 Å². The number of hydrogen-bond acceptors (Lipinski definition) is 5. The van der Waals surface area contributed by atoms with Crippen molar-refractivity contribution in [2.45, 2.75) is 18.9 Å². The fourth-order valence-corrected chi connectivity index (χ4v) is 2.83. The van der Waals surface area contributed by atoms with Gasteiger partial charge in [-0.25, -0.2) is 4.98 Å². The summed E-state index contributed by atoms with van der Waals surface area (Å²) in [6.07, 6.45) is 1.50. The Kier molecular flexibility index (Phi) is 6.45. The number of benzene rings is 2. The molecule has 3 rings (SSSR count). The molecule has 1 aromatic heterocycles. The third-order valence-corrected chi connectivity index (χ3v) is 4.37. The number of nitrogens with zero attached hydrogens (tertiary/aromatic N) is 1. The Hall–Kier alpha value is -3.12. The summed E-state index contributed by atoms with van der Waals surface area (Å²) in [6.45, 7) is 0. The normalized spacial score (nSPS) is 11.6. The van der Waals surface area contributed by atoms with Crippen LogP contribution in [0, 0.1) is 0 Å². The van der Waals surface area contributed by atoms with E-state index in [0.717, 1.165) is 11.1 Å². The van der Waals surface area contributed by atoms with Gasteiger partial charge in [0, 0.05) is 10.6 Å².